The van der Waals surface area contributed by atoms with E-state index in [4.69, 9.17) is 11.6 Å². The Balaban J connectivity index is 1.58. The first kappa shape index (κ1) is 31.9. The Morgan fingerprint density at radius 3 is 2.70 bits per heavy atom. The number of nitrogens with one attached hydrogen (secondary N) is 2. The van der Waals surface area contributed by atoms with Crippen molar-refractivity contribution in [1.29, 1.82) is 0 Å². The second kappa shape index (κ2) is 14.9. The molecule has 1 saturated heterocycles. The number of thiazole rings is 1. The van der Waals surface area contributed by atoms with Crippen LogP contribution in [0.4, 0.5) is 14.6 Å². The third-order valence-electron chi connectivity index (χ3n) is 6.26. The van der Waals surface area contributed by atoms with Crippen LogP contribution in [-0.2, 0) is 10.5 Å². The molecule has 0 radical (unpaired) electrons. The maximum atomic E-state index is 13.7. The van der Waals surface area contributed by atoms with Gasteiger partial charge in [-0.15, -0.1) is 11.3 Å². The third kappa shape index (κ3) is 9.51. The van der Waals surface area contributed by atoms with E-state index in [0.717, 1.165) is 61.6 Å². The number of carbonyl (C=O) groups excluding carboxylic acids is 2. The van der Waals surface area contributed by atoms with Crippen LogP contribution in [0.15, 0.2) is 47.9 Å². The van der Waals surface area contributed by atoms with Crippen LogP contribution in [0, 0.1) is 0 Å². The zero-order valence-corrected chi connectivity index (χ0v) is 25.3. The average Bonchev–Trinajstić information content (AvgIpc) is 3.40. The van der Waals surface area contributed by atoms with Crippen LogP contribution in [0.25, 0.3) is 0 Å². The van der Waals surface area contributed by atoms with Gasteiger partial charge in [0, 0.05) is 18.0 Å². The molecule has 0 aliphatic carbocycles. The average molecular weight is 611 g/mol. The summed E-state index contributed by atoms with van der Waals surface area (Å²) < 4.78 is 27.5. The van der Waals surface area contributed by atoms with Crippen LogP contribution in [-0.4, -0.2) is 52.0 Å². The Labute approximate surface area is 244 Å². The fraction of sp³-hybridized carbons (Fsp3) is 0.444. The van der Waals surface area contributed by atoms with Gasteiger partial charge in [0.1, 0.15) is 21.4 Å². The number of allylic oxidation sites excluding steroid dienone is 1. The van der Waals surface area contributed by atoms with Crippen molar-refractivity contribution >= 4 is 55.5 Å². The predicted octanol–water partition coefficient (Wildman–Crippen LogP) is 6.34. The third-order valence-corrected chi connectivity index (χ3v) is 8.05. The van der Waals surface area contributed by atoms with Gasteiger partial charge in [0.2, 0.25) is 0 Å². The summed E-state index contributed by atoms with van der Waals surface area (Å²) in [5.74, 6) is -1.04. The van der Waals surface area contributed by atoms with Crippen molar-refractivity contribution in [3.8, 4) is 0 Å². The minimum absolute atomic E-state index is 0.0776. The number of aliphatic imine (C=N–C) groups is 1. The monoisotopic (exact) mass is 610 g/mol. The van der Waals surface area contributed by atoms with E-state index in [1.165, 1.54) is 40.9 Å². The number of amides is 2. The van der Waals surface area contributed by atoms with Gasteiger partial charge in [-0.3, -0.25) is 14.6 Å². The first-order valence-electron chi connectivity index (χ1n) is 13.0. The van der Waals surface area contributed by atoms with E-state index in [1.54, 1.807) is 13.0 Å². The van der Waals surface area contributed by atoms with Gasteiger partial charge in [-0.2, -0.15) is 8.78 Å². The zero-order valence-electron chi connectivity index (χ0n) is 22.6. The highest BCUT2D eigenvalue weighted by molar-refractivity contribution is 7.17. The first-order chi connectivity index (χ1) is 19.0. The van der Waals surface area contributed by atoms with Crippen molar-refractivity contribution in [2.24, 2.45) is 4.99 Å². The van der Waals surface area contributed by atoms with Crippen LogP contribution in [0.2, 0.25) is 5.02 Å². The number of rotatable bonds is 12. The van der Waals surface area contributed by atoms with E-state index in [2.05, 4.69) is 37.1 Å². The van der Waals surface area contributed by atoms with Gasteiger partial charge in [0.05, 0.1) is 17.3 Å². The molecule has 2 aromatic rings. The maximum absolute atomic E-state index is 13.7. The van der Waals surface area contributed by atoms with Crippen molar-refractivity contribution in [2.75, 3.05) is 25.0 Å². The molecule has 2 atom stereocenters. The number of piperidine rings is 1. The molecule has 2 N–H and O–H groups in total. The Morgan fingerprint density at radius 1 is 1.30 bits per heavy atom. The number of hydrogen-bond acceptors (Lipinski definition) is 7. The lowest BCUT2D eigenvalue weighted by atomic mass is 10.1. The highest BCUT2D eigenvalue weighted by Gasteiger charge is 2.28. The first-order valence-corrected chi connectivity index (χ1v) is 14.7. The topological polar surface area (TPSA) is 99.6 Å². The van der Waals surface area contributed by atoms with Crippen LogP contribution in [0.5, 0.6) is 0 Å². The molecule has 3 heterocycles. The van der Waals surface area contributed by atoms with Gasteiger partial charge in [-0.25, -0.2) is 9.97 Å². The molecule has 3 rings (SSSR count). The lowest BCUT2D eigenvalue weighted by molar-refractivity contribution is -0.115. The molecule has 2 amide bonds. The highest BCUT2D eigenvalue weighted by Crippen LogP contribution is 2.39. The van der Waals surface area contributed by atoms with Gasteiger partial charge in [-0.05, 0) is 71.3 Å². The molecule has 2 unspecified atom stereocenters. The smallest absolute Gasteiger partial charge is 0.285 e. The zero-order chi connectivity index (χ0) is 29.3. The van der Waals surface area contributed by atoms with E-state index < -0.39 is 23.2 Å². The van der Waals surface area contributed by atoms with Gasteiger partial charge in [0.25, 0.3) is 17.5 Å². The van der Waals surface area contributed by atoms with Crippen molar-refractivity contribution in [2.45, 2.75) is 57.7 Å². The Hall–Kier alpha value is -2.59. The molecular weight excluding hydrogens is 577 g/mol. The van der Waals surface area contributed by atoms with Crippen LogP contribution in [0.3, 0.4) is 0 Å². The van der Waals surface area contributed by atoms with E-state index in [1.807, 2.05) is 6.92 Å². The summed E-state index contributed by atoms with van der Waals surface area (Å²) >= 11 is 6.87. The molecule has 2 aromatic heterocycles. The van der Waals surface area contributed by atoms with Crippen LogP contribution >= 0.6 is 32.2 Å². The number of likely N-dealkylation sites (tertiary alicyclic amines) is 1. The van der Waals surface area contributed by atoms with E-state index in [0.29, 0.717) is 5.01 Å². The van der Waals surface area contributed by atoms with Crippen molar-refractivity contribution in [1.82, 2.24) is 20.2 Å². The van der Waals surface area contributed by atoms with Crippen molar-refractivity contribution in [3.05, 3.63) is 63.4 Å². The molecule has 0 bridgehead atoms. The molecule has 216 valence electrons. The second-order valence-corrected chi connectivity index (χ2v) is 11.8. The molecule has 1 fully saturated rings. The second-order valence-electron chi connectivity index (χ2n) is 9.58. The number of aromatic nitrogens is 2. The fourth-order valence-electron chi connectivity index (χ4n) is 4.20. The van der Waals surface area contributed by atoms with Gasteiger partial charge < -0.3 is 15.5 Å². The number of nitrogens with zero attached hydrogens (tertiary/aromatic N) is 4. The Morgan fingerprint density at radius 2 is 2.02 bits per heavy atom. The molecule has 0 spiro atoms. The summed E-state index contributed by atoms with van der Waals surface area (Å²) in [6.07, 6.45) is 11.2. The normalized spacial score (nSPS) is 15.9. The minimum atomic E-state index is -3.28. The lowest BCUT2D eigenvalue weighted by Gasteiger charge is -2.26. The number of carbonyl (C=O) groups is 2. The van der Waals surface area contributed by atoms with Crippen molar-refractivity contribution in [3.63, 3.8) is 0 Å². The van der Waals surface area contributed by atoms with Gasteiger partial charge >= 0.3 is 0 Å². The number of alkyl halides is 2. The van der Waals surface area contributed by atoms with Crippen LogP contribution in [0.1, 0.15) is 72.2 Å². The summed E-state index contributed by atoms with van der Waals surface area (Å²) in [6, 6.07) is 0.500. The Bertz CT molecular complexity index is 1270. The quantitative estimate of drug-likeness (QED) is 0.216. The number of hydrogen-bond donors (Lipinski definition) is 2. The highest BCUT2D eigenvalue weighted by atomic mass is 35.5. The van der Waals surface area contributed by atoms with E-state index >= 15 is 0 Å². The molecule has 1 aliphatic heterocycles. The minimum Gasteiger partial charge on any atom is -0.342 e. The SMILES string of the molecule is C=C/N=C(\C=C(/C)CCCN1CCCCC1)C(=O)NC(C)c1ncc(C(=O)Nc2cc(C(F)(F)P)c(Cl)cn2)s1. The fourth-order valence-corrected chi connectivity index (χ4v) is 5.57. The molecular formula is C27H34ClF2N6O2PS. The molecule has 0 aromatic carbocycles. The van der Waals surface area contributed by atoms with E-state index in [9.17, 15) is 18.4 Å². The summed E-state index contributed by atoms with van der Waals surface area (Å²) in [4.78, 5) is 40.7. The van der Waals surface area contributed by atoms with Gasteiger partial charge in [-0.1, -0.05) is 39.4 Å². The van der Waals surface area contributed by atoms with Crippen LogP contribution < -0.4 is 10.6 Å². The summed E-state index contributed by atoms with van der Waals surface area (Å²) in [5, 5.41) is 5.60. The summed E-state index contributed by atoms with van der Waals surface area (Å²) in [6.45, 7) is 10.7. The Kier molecular flexibility index (Phi) is 11.9. The molecule has 40 heavy (non-hydrogen) atoms. The molecule has 13 heteroatoms. The number of anilines is 1. The molecule has 8 nitrogen and oxygen atoms in total. The number of pyridine rings is 1. The summed E-state index contributed by atoms with van der Waals surface area (Å²) in [7, 11) is 1.40. The van der Waals surface area contributed by atoms with E-state index in [-0.39, 0.29) is 27.3 Å². The molecule has 0 saturated carbocycles. The number of halogens is 3. The van der Waals surface area contributed by atoms with Crippen molar-refractivity contribution < 1.29 is 18.4 Å². The maximum Gasteiger partial charge on any atom is 0.285 e. The lowest BCUT2D eigenvalue weighted by Crippen LogP contribution is -2.32. The standard InChI is InChI=1S/C27H34ClF2N6O2PS/c1-4-31-21(13-17(2)9-8-12-36-10-6-5-7-11-36)24(37)34-18(3)26-33-16-22(40-26)25(38)35-23-14-19(27(29,30)39)20(28)15-32-23/h4,13-16,18H,1,5-12,39H2,2-3H3,(H,34,37)(H,32,35,38)/b17-13+,31-21+. The largest absolute Gasteiger partial charge is 0.342 e. The predicted molar refractivity (Wildman–Crippen MR) is 160 cm³/mol. The summed E-state index contributed by atoms with van der Waals surface area (Å²) in [5.41, 5.74) is -2.47. The van der Waals surface area contributed by atoms with Gasteiger partial charge in [0.15, 0.2) is 0 Å². The molecule has 1 aliphatic rings.